The third-order valence-corrected chi connectivity index (χ3v) is 5.58. The minimum absolute atomic E-state index is 0.339. The lowest BCUT2D eigenvalue weighted by molar-refractivity contribution is -0.138. The summed E-state index contributed by atoms with van der Waals surface area (Å²) in [5.74, 6) is -7.23. The van der Waals surface area contributed by atoms with Crippen molar-refractivity contribution in [3.05, 3.63) is 107 Å². The molecule has 0 saturated heterocycles. The molecule has 4 rings (SSSR count). The molecular formula is C28H14F10O5. The van der Waals surface area contributed by atoms with Crippen molar-refractivity contribution in [2.75, 3.05) is 0 Å². The van der Waals surface area contributed by atoms with Crippen LogP contribution >= 0.6 is 0 Å². The van der Waals surface area contributed by atoms with Gasteiger partial charge in [-0.15, -0.1) is 0 Å². The van der Waals surface area contributed by atoms with Crippen LogP contribution in [-0.4, -0.2) is 11.1 Å². The summed E-state index contributed by atoms with van der Waals surface area (Å²) in [6.07, 6.45) is -14.2. The van der Waals surface area contributed by atoms with E-state index in [1.165, 1.54) is 0 Å². The van der Waals surface area contributed by atoms with Crippen molar-refractivity contribution in [3.63, 3.8) is 0 Å². The molecule has 0 aliphatic heterocycles. The van der Waals surface area contributed by atoms with Crippen molar-refractivity contribution in [3.8, 4) is 34.5 Å². The van der Waals surface area contributed by atoms with Crippen LogP contribution in [0.15, 0.2) is 78.9 Å². The van der Waals surface area contributed by atoms with Crippen LogP contribution in [0.2, 0.25) is 0 Å². The Labute approximate surface area is 234 Å². The Balaban J connectivity index is 1.85. The van der Waals surface area contributed by atoms with E-state index in [1.54, 1.807) is 0 Å². The highest BCUT2D eigenvalue weighted by Gasteiger charge is 2.33. The fraction of sp³-hybridized carbons (Fsp3) is 0.107. The Morgan fingerprint density at radius 3 is 1.19 bits per heavy atom. The highest BCUT2D eigenvalue weighted by Crippen LogP contribution is 2.48. The van der Waals surface area contributed by atoms with Gasteiger partial charge >= 0.3 is 24.5 Å². The summed E-state index contributed by atoms with van der Waals surface area (Å²) >= 11 is 0. The highest BCUT2D eigenvalue weighted by atomic mass is 19.4. The van der Waals surface area contributed by atoms with Gasteiger partial charge in [0.2, 0.25) is 11.5 Å². The number of alkyl halides is 9. The Kier molecular flexibility index (Phi) is 8.20. The Bertz CT molecular complexity index is 1610. The molecule has 0 atom stereocenters. The molecular weight excluding hydrogens is 606 g/mol. The number of carboxylic acids is 1. The summed E-state index contributed by atoms with van der Waals surface area (Å²) in [4.78, 5) is 11.8. The smallest absolute Gasteiger partial charge is 0.416 e. The van der Waals surface area contributed by atoms with Crippen LogP contribution in [0.5, 0.6) is 34.5 Å². The zero-order valence-electron chi connectivity index (χ0n) is 20.9. The molecule has 226 valence electrons. The SMILES string of the molecule is O=C(O)c1cc(Oc2ccc(C(F)(F)F)cc2)c(Oc2ccc(C(F)(F)F)cc2)c(Oc2ccc(C(F)(F)F)cc2)c1F. The number of rotatable bonds is 7. The predicted octanol–water partition coefficient (Wildman–Crippen LogP) is 9.96. The quantitative estimate of drug-likeness (QED) is 0.209. The average Bonchev–Trinajstić information content (AvgIpc) is 2.91. The Morgan fingerprint density at radius 1 is 0.535 bits per heavy atom. The first-order valence-electron chi connectivity index (χ1n) is 11.6. The molecule has 4 aromatic carbocycles. The number of hydrogen-bond donors (Lipinski definition) is 1. The second kappa shape index (κ2) is 11.4. The van der Waals surface area contributed by atoms with Gasteiger partial charge < -0.3 is 19.3 Å². The van der Waals surface area contributed by atoms with E-state index in [0.717, 1.165) is 36.4 Å². The summed E-state index contributed by atoms with van der Waals surface area (Å²) in [5.41, 5.74) is -4.37. The van der Waals surface area contributed by atoms with Gasteiger partial charge in [0, 0.05) is 6.07 Å². The first-order chi connectivity index (χ1) is 19.9. The largest absolute Gasteiger partial charge is 0.478 e. The number of ether oxygens (including phenoxy) is 3. The molecule has 0 radical (unpaired) electrons. The topological polar surface area (TPSA) is 65.0 Å². The molecule has 5 nitrogen and oxygen atoms in total. The monoisotopic (exact) mass is 620 g/mol. The molecule has 15 heteroatoms. The molecule has 0 bridgehead atoms. The molecule has 0 aliphatic rings. The van der Waals surface area contributed by atoms with E-state index in [2.05, 4.69) is 0 Å². The van der Waals surface area contributed by atoms with Gasteiger partial charge in [0.15, 0.2) is 11.6 Å². The zero-order chi connectivity index (χ0) is 31.7. The molecule has 0 heterocycles. The van der Waals surface area contributed by atoms with Gasteiger partial charge in [-0.1, -0.05) is 0 Å². The van der Waals surface area contributed by atoms with Crippen molar-refractivity contribution in [1.29, 1.82) is 0 Å². The highest BCUT2D eigenvalue weighted by molar-refractivity contribution is 5.90. The second-order valence-electron chi connectivity index (χ2n) is 8.57. The van der Waals surface area contributed by atoms with Crippen LogP contribution in [-0.2, 0) is 18.5 Å². The van der Waals surface area contributed by atoms with E-state index in [0.29, 0.717) is 42.5 Å². The standard InChI is InChI=1S/C28H14F10O5/c29-22-20(25(39)40)13-21(41-17-7-1-14(2-8-17)26(30,31)32)23(42-18-9-3-15(4-10-18)27(33,34)35)24(22)43-19-11-5-16(6-12-19)28(36,37)38/h1-13H,(H,39,40). The van der Waals surface area contributed by atoms with Crippen molar-refractivity contribution in [1.82, 2.24) is 0 Å². The number of benzene rings is 4. The maximum absolute atomic E-state index is 15.5. The van der Waals surface area contributed by atoms with Gasteiger partial charge in [-0.2, -0.15) is 39.5 Å². The van der Waals surface area contributed by atoms with Gasteiger partial charge in [0.1, 0.15) is 22.8 Å². The van der Waals surface area contributed by atoms with Crippen molar-refractivity contribution >= 4 is 5.97 Å². The van der Waals surface area contributed by atoms with E-state index in [1.807, 2.05) is 0 Å². The van der Waals surface area contributed by atoms with Gasteiger partial charge in [-0.3, -0.25) is 0 Å². The lowest BCUT2D eigenvalue weighted by Crippen LogP contribution is -2.07. The average molecular weight is 620 g/mol. The normalized spacial score (nSPS) is 12.1. The van der Waals surface area contributed by atoms with E-state index in [4.69, 9.17) is 14.2 Å². The lowest BCUT2D eigenvalue weighted by atomic mass is 10.1. The molecule has 0 amide bonds. The maximum Gasteiger partial charge on any atom is 0.416 e. The van der Waals surface area contributed by atoms with Gasteiger partial charge in [-0.25, -0.2) is 9.18 Å². The number of carboxylic acid groups (broad SMARTS) is 1. The third-order valence-electron chi connectivity index (χ3n) is 5.58. The minimum atomic E-state index is -4.74. The van der Waals surface area contributed by atoms with E-state index < -0.39 is 75.6 Å². The lowest BCUT2D eigenvalue weighted by Gasteiger charge is -2.19. The molecule has 1 N–H and O–H groups in total. The Morgan fingerprint density at radius 2 is 0.860 bits per heavy atom. The summed E-state index contributed by atoms with van der Waals surface area (Å²) in [5, 5.41) is 9.54. The predicted molar refractivity (Wildman–Crippen MR) is 128 cm³/mol. The van der Waals surface area contributed by atoms with E-state index in [-0.39, 0.29) is 11.5 Å². The van der Waals surface area contributed by atoms with Gasteiger partial charge in [0.25, 0.3) is 0 Å². The third kappa shape index (κ3) is 7.28. The number of hydrogen-bond acceptors (Lipinski definition) is 4. The fourth-order valence-corrected chi connectivity index (χ4v) is 3.51. The fourth-order valence-electron chi connectivity index (χ4n) is 3.51. The second-order valence-corrected chi connectivity index (χ2v) is 8.57. The molecule has 0 saturated carbocycles. The molecule has 0 fully saturated rings. The Hall–Kier alpha value is -4.95. The van der Waals surface area contributed by atoms with Crippen LogP contribution in [0, 0.1) is 5.82 Å². The van der Waals surface area contributed by atoms with Crippen molar-refractivity contribution < 1.29 is 68.0 Å². The number of carbonyl (C=O) groups is 1. The van der Waals surface area contributed by atoms with E-state index >= 15 is 4.39 Å². The summed E-state index contributed by atoms with van der Waals surface area (Å²) in [6.45, 7) is 0. The van der Waals surface area contributed by atoms with Gasteiger partial charge in [0.05, 0.1) is 16.7 Å². The molecule has 4 aromatic rings. The molecule has 43 heavy (non-hydrogen) atoms. The summed E-state index contributed by atoms with van der Waals surface area (Å²) in [6, 6.07) is 9.01. The molecule has 0 unspecified atom stereocenters. The summed E-state index contributed by atoms with van der Waals surface area (Å²) in [7, 11) is 0. The number of aromatic carboxylic acids is 1. The number of halogens is 10. The van der Waals surface area contributed by atoms with E-state index in [9.17, 15) is 49.4 Å². The van der Waals surface area contributed by atoms with Crippen LogP contribution in [0.3, 0.4) is 0 Å². The minimum Gasteiger partial charge on any atom is -0.478 e. The van der Waals surface area contributed by atoms with Crippen LogP contribution < -0.4 is 14.2 Å². The zero-order valence-corrected chi connectivity index (χ0v) is 20.9. The maximum atomic E-state index is 15.5. The van der Waals surface area contributed by atoms with Crippen LogP contribution in [0.1, 0.15) is 27.0 Å². The van der Waals surface area contributed by atoms with Crippen molar-refractivity contribution in [2.45, 2.75) is 18.5 Å². The van der Waals surface area contributed by atoms with Gasteiger partial charge in [-0.05, 0) is 72.8 Å². The first-order valence-corrected chi connectivity index (χ1v) is 11.6. The molecule has 0 aliphatic carbocycles. The van der Waals surface area contributed by atoms with Crippen LogP contribution in [0.25, 0.3) is 0 Å². The first kappa shape index (κ1) is 31.0. The summed E-state index contributed by atoms with van der Waals surface area (Å²) < 4.78 is 149. The van der Waals surface area contributed by atoms with Crippen molar-refractivity contribution in [2.24, 2.45) is 0 Å². The van der Waals surface area contributed by atoms with Crippen LogP contribution in [0.4, 0.5) is 43.9 Å². The molecule has 0 spiro atoms. The molecule has 0 aromatic heterocycles.